The van der Waals surface area contributed by atoms with Gasteiger partial charge in [0.05, 0.1) is 5.92 Å². The standard InChI is InChI=1S/C12H14FN3O2/c13-7-1-2-8-9(12(18)15-4-3-14)6-11(17)16-10(8)5-7/h1-2,5,9H,3-4,6,14H2,(H,15,18)(H,16,17). The highest BCUT2D eigenvalue weighted by atomic mass is 19.1. The van der Waals surface area contributed by atoms with E-state index in [4.69, 9.17) is 5.73 Å². The van der Waals surface area contributed by atoms with E-state index in [0.29, 0.717) is 24.3 Å². The lowest BCUT2D eigenvalue weighted by Gasteiger charge is -2.24. The number of fused-ring (bicyclic) bond motifs is 1. The second-order valence-electron chi connectivity index (χ2n) is 4.12. The number of nitrogens with one attached hydrogen (secondary N) is 2. The summed E-state index contributed by atoms with van der Waals surface area (Å²) < 4.78 is 13.1. The molecule has 2 amide bonds. The lowest BCUT2D eigenvalue weighted by molar-refractivity contribution is -0.126. The molecule has 1 atom stereocenters. The molecule has 1 aromatic rings. The Labute approximate surface area is 104 Å². The summed E-state index contributed by atoms with van der Waals surface area (Å²) in [6.07, 6.45) is 0.0645. The van der Waals surface area contributed by atoms with Gasteiger partial charge < -0.3 is 16.4 Å². The average Bonchev–Trinajstić information content (AvgIpc) is 2.34. The zero-order valence-corrected chi connectivity index (χ0v) is 9.70. The van der Waals surface area contributed by atoms with E-state index in [1.54, 1.807) is 0 Å². The zero-order valence-electron chi connectivity index (χ0n) is 9.70. The van der Waals surface area contributed by atoms with E-state index < -0.39 is 11.7 Å². The van der Waals surface area contributed by atoms with Crippen molar-refractivity contribution in [3.8, 4) is 0 Å². The minimum Gasteiger partial charge on any atom is -0.354 e. The van der Waals surface area contributed by atoms with Gasteiger partial charge in [-0.25, -0.2) is 4.39 Å². The van der Waals surface area contributed by atoms with Crippen LogP contribution in [0.5, 0.6) is 0 Å². The zero-order chi connectivity index (χ0) is 13.1. The molecule has 1 aromatic carbocycles. The summed E-state index contributed by atoms with van der Waals surface area (Å²) in [6, 6.07) is 4.02. The van der Waals surface area contributed by atoms with Gasteiger partial charge in [0.1, 0.15) is 5.82 Å². The topological polar surface area (TPSA) is 84.2 Å². The molecule has 0 radical (unpaired) electrons. The molecule has 6 heteroatoms. The maximum atomic E-state index is 13.1. The molecule has 18 heavy (non-hydrogen) atoms. The van der Waals surface area contributed by atoms with Crippen LogP contribution in [0.15, 0.2) is 18.2 Å². The van der Waals surface area contributed by atoms with Gasteiger partial charge in [0, 0.05) is 25.2 Å². The third-order valence-electron chi connectivity index (χ3n) is 2.81. The van der Waals surface area contributed by atoms with Crippen LogP contribution >= 0.6 is 0 Å². The summed E-state index contributed by atoms with van der Waals surface area (Å²) in [7, 11) is 0. The molecule has 0 fully saturated rings. The van der Waals surface area contributed by atoms with Gasteiger partial charge in [-0.1, -0.05) is 6.07 Å². The SMILES string of the molecule is NCCNC(=O)C1CC(=O)Nc2cc(F)ccc21. The number of carbonyl (C=O) groups excluding carboxylic acids is 2. The largest absolute Gasteiger partial charge is 0.354 e. The average molecular weight is 251 g/mol. The Hall–Kier alpha value is -1.95. The Morgan fingerprint density at radius 3 is 3.06 bits per heavy atom. The minimum atomic E-state index is -0.583. The third kappa shape index (κ3) is 2.48. The number of hydrogen-bond acceptors (Lipinski definition) is 3. The van der Waals surface area contributed by atoms with Gasteiger partial charge in [0.25, 0.3) is 0 Å². The molecule has 96 valence electrons. The number of halogens is 1. The van der Waals surface area contributed by atoms with E-state index in [1.165, 1.54) is 18.2 Å². The molecule has 0 aliphatic carbocycles. The molecular formula is C12H14FN3O2. The van der Waals surface area contributed by atoms with Gasteiger partial charge in [0.15, 0.2) is 0 Å². The van der Waals surface area contributed by atoms with Crippen molar-refractivity contribution < 1.29 is 14.0 Å². The molecule has 1 unspecified atom stereocenters. The van der Waals surface area contributed by atoms with Crippen molar-refractivity contribution in [3.05, 3.63) is 29.6 Å². The predicted molar refractivity (Wildman–Crippen MR) is 64.5 cm³/mol. The van der Waals surface area contributed by atoms with Gasteiger partial charge in [-0.15, -0.1) is 0 Å². The maximum Gasteiger partial charge on any atom is 0.228 e. The van der Waals surface area contributed by atoms with Gasteiger partial charge in [-0.2, -0.15) is 0 Å². The first kappa shape index (κ1) is 12.5. The first-order valence-corrected chi connectivity index (χ1v) is 5.69. The van der Waals surface area contributed by atoms with Crippen LogP contribution in [0.3, 0.4) is 0 Å². The van der Waals surface area contributed by atoms with Crippen molar-refractivity contribution >= 4 is 17.5 Å². The monoisotopic (exact) mass is 251 g/mol. The molecule has 1 heterocycles. The third-order valence-corrected chi connectivity index (χ3v) is 2.81. The van der Waals surface area contributed by atoms with Crippen molar-refractivity contribution in [2.24, 2.45) is 5.73 Å². The highest BCUT2D eigenvalue weighted by molar-refractivity contribution is 6.01. The summed E-state index contributed by atoms with van der Waals surface area (Å²) in [4.78, 5) is 23.4. The van der Waals surface area contributed by atoms with Crippen LogP contribution in [0.25, 0.3) is 0 Å². The lowest BCUT2D eigenvalue weighted by Crippen LogP contribution is -2.37. The van der Waals surface area contributed by atoms with Crippen molar-refractivity contribution in [3.63, 3.8) is 0 Å². The first-order valence-electron chi connectivity index (χ1n) is 5.69. The molecule has 1 aliphatic heterocycles. The summed E-state index contributed by atoms with van der Waals surface area (Å²) >= 11 is 0. The van der Waals surface area contributed by atoms with Crippen LogP contribution in [0.1, 0.15) is 17.9 Å². The summed E-state index contributed by atoms with van der Waals surface area (Å²) in [6.45, 7) is 0.689. The van der Waals surface area contributed by atoms with Crippen LogP contribution < -0.4 is 16.4 Å². The van der Waals surface area contributed by atoms with E-state index in [9.17, 15) is 14.0 Å². The molecule has 0 saturated carbocycles. The molecule has 5 nitrogen and oxygen atoms in total. The molecule has 2 rings (SSSR count). The molecule has 0 spiro atoms. The smallest absolute Gasteiger partial charge is 0.228 e. The first-order chi connectivity index (χ1) is 8.61. The Morgan fingerprint density at radius 1 is 1.56 bits per heavy atom. The summed E-state index contributed by atoms with van der Waals surface area (Å²) in [5.74, 6) is -1.58. The van der Waals surface area contributed by atoms with Gasteiger partial charge in [-0.3, -0.25) is 9.59 Å². The van der Waals surface area contributed by atoms with Crippen LogP contribution in [0, 0.1) is 5.82 Å². The number of nitrogens with two attached hydrogens (primary N) is 1. The fraction of sp³-hybridized carbons (Fsp3) is 0.333. The second-order valence-corrected chi connectivity index (χ2v) is 4.12. The number of hydrogen-bond donors (Lipinski definition) is 3. The van der Waals surface area contributed by atoms with E-state index in [1.807, 2.05) is 0 Å². The Balaban J connectivity index is 2.28. The highest BCUT2D eigenvalue weighted by Crippen LogP contribution is 2.32. The van der Waals surface area contributed by atoms with Gasteiger partial charge in [0.2, 0.25) is 11.8 Å². The molecule has 0 aromatic heterocycles. The summed E-state index contributed by atoms with van der Waals surface area (Å²) in [5, 5.41) is 5.20. The Kier molecular flexibility index (Phi) is 3.57. The number of benzene rings is 1. The predicted octanol–water partition coefficient (Wildman–Crippen LogP) is 0.326. The number of amides is 2. The Morgan fingerprint density at radius 2 is 2.33 bits per heavy atom. The van der Waals surface area contributed by atoms with Gasteiger partial charge in [-0.05, 0) is 17.7 Å². The van der Waals surface area contributed by atoms with Crippen LogP contribution in [0.2, 0.25) is 0 Å². The summed E-state index contributed by atoms with van der Waals surface area (Å²) in [5.41, 5.74) is 6.29. The molecule has 0 saturated heterocycles. The van der Waals surface area contributed by atoms with Crippen LogP contribution in [-0.2, 0) is 9.59 Å². The second kappa shape index (κ2) is 5.14. The van der Waals surface area contributed by atoms with E-state index in [2.05, 4.69) is 10.6 Å². The van der Waals surface area contributed by atoms with E-state index in [0.717, 1.165) is 0 Å². The quantitative estimate of drug-likeness (QED) is 0.723. The normalized spacial score (nSPS) is 17.9. The van der Waals surface area contributed by atoms with E-state index >= 15 is 0 Å². The molecule has 0 bridgehead atoms. The fourth-order valence-electron chi connectivity index (χ4n) is 1.99. The Bertz CT molecular complexity index is 490. The van der Waals surface area contributed by atoms with Crippen molar-refractivity contribution in [2.45, 2.75) is 12.3 Å². The van der Waals surface area contributed by atoms with Crippen LogP contribution in [-0.4, -0.2) is 24.9 Å². The lowest BCUT2D eigenvalue weighted by atomic mass is 9.89. The number of rotatable bonds is 3. The van der Waals surface area contributed by atoms with Crippen molar-refractivity contribution in [1.82, 2.24) is 5.32 Å². The molecule has 4 N–H and O–H groups in total. The number of carbonyl (C=O) groups is 2. The van der Waals surface area contributed by atoms with Crippen molar-refractivity contribution in [2.75, 3.05) is 18.4 Å². The van der Waals surface area contributed by atoms with Crippen molar-refractivity contribution in [1.29, 1.82) is 0 Å². The minimum absolute atomic E-state index is 0.0645. The number of anilines is 1. The maximum absolute atomic E-state index is 13.1. The molecular weight excluding hydrogens is 237 g/mol. The van der Waals surface area contributed by atoms with E-state index in [-0.39, 0.29) is 18.2 Å². The molecule has 1 aliphatic rings. The van der Waals surface area contributed by atoms with Gasteiger partial charge >= 0.3 is 0 Å². The highest BCUT2D eigenvalue weighted by Gasteiger charge is 2.30. The van der Waals surface area contributed by atoms with Crippen LogP contribution in [0.4, 0.5) is 10.1 Å². The fourth-order valence-corrected chi connectivity index (χ4v) is 1.99.